The molecular formula is C11H13FN2O3. The van der Waals surface area contributed by atoms with Gasteiger partial charge in [-0.2, -0.15) is 0 Å². The first-order valence-corrected chi connectivity index (χ1v) is 4.93. The van der Waals surface area contributed by atoms with Crippen molar-refractivity contribution in [2.24, 2.45) is 0 Å². The van der Waals surface area contributed by atoms with Gasteiger partial charge in [-0.1, -0.05) is 0 Å². The number of rotatable bonds is 3. The van der Waals surface area contributed by atoms with E-state index in [1.807, 2.05) is 0 Å². The highest BCUT2D eigenvalue weighted by molar-refractivity contribution is 5.95. The van der Waals surface area contributed by atoms with Gasteiger partial charge in [-0.05, 0) is 31.2 Å². The van der Waals surface area contributed by atoms with Gasteiger partial charge in [0.1, 0.15) is 11.9 Å². The van der Waals surface area contributed by atoms with Gasteiger partial charge in [-0.25, -0.2) is 4.39 Å². The van der Waals surface area contributed by atoms with Crippen LogP contribution in [0.15, 0.2) is 24.3 Å². The van der Waals surface area contributed by atoms with Crippen LogP contribution >= 0.6 is 0 Å². The number of nitrogens with one attached hydrogen (secondary N) is 2. The third-order valence-corrected chi connectivity index (χ3v) is 2.13. The van der Waals surface area contributed by atoms with Crippen molar-refractivity contribution in [2.75, 3.05) is 7.11 Å². The Morgan fingerprint density at radius 3 is 2.35 bits per heavy atom. The Hall–Kier alpha value is -1.95. The van der Waals surface area contributed by atoms with Crippen LogP contribution in [0.2, 0.25) is 0 Å². The second-order valence-electron chi connectivity index (χ2n) is 3.33. The lowest BCUT2D eigenvalue weighted by Crippen LogP contribution is -2.46. The van der Waals surface area contributed by atoms with Gasteiger partial charge in [-0.15, -0.1) is 0 Å². The molecule has 17 heavy (non-hydrogen) atoms. The van der Waals surface area contributed by atoms with Crippen LogP contribution in [0.3, 0.4) is 0 Å². The van der Waals surface area contributed by atoms with E-state index in [0.717, 1.165) is 12.1 Å². The van der Waals surface area contributed by atoms with Crippen molar-refractivity contribution in [3.8, 4) is 0 Å². The van der Waals surface area contributed by atoms with Gasteiger partial charge in [0, 0.05) is 12.7 Å². The summed E-state index contributed by atoms with van der Waals surface area (Å²) in [5.74, 6) is -1.43. The third kappa shape index (κ3) is 3.84. The quantitative estimate of drug-likeness (QED) is 0.761. The lowest BCUT2D eigenvalue weighted by Gasteiger charge is -2.11. The Bertz CT molecular complexity index is 406. The number of ether oxygens (including phenoxy) is 1. The van der Waals surface area contributed by atoms with E-state index in [1.165, 1.54) is 19.2 Å². The fourth-order valence-electron chi connectivity index (χ4n) is 1.00. The maximum Gasteiger partial charge on any atom is 0.269 e. The molecule has 0 aromatic heterocycles. The molecular weight excluding hydrogens is 227 g/mol. The van der Waals surface area contributed by atoms with Crippen molar-refractivity contribution in [3.63, 3.8) is 0 Å². The summed E-state index contributed by atoms with van der Waals surface area (Å²) < 4.78 is 17.4. The van der Waals surface area contributed by atoms with Crippen LogP contribution in [0.1, 0.15) is 17.3 Å². The normalized spacial score (nSPS) is 11.7. The van der Waals surface area contributed by atoms with Gasteiger partial charge >= 0.3 is 0 Å². The van der Waals surface area contributed by atoms with Gasteiger partial charge in [0.25, 0.3) is 11.8 Å². The molecule has 5 nitrogen and oxygen atoms in total. The second-order valence-corrected chi connectivity index (χ2v) is 3.33. The fourth-order valence-corrected chi connectivity index (χ4v) is 1.00. The van der Waals surface area contributed by atoms with Crippen molar-refractivity contribution < 1.29 is 18.7 Å². The van der Waals surface area contributed by atoms with Gasteiger partial charge < -0.3 is 4.74 Å². The van der Waals surface area contributed by atoms with Gasteiger partial charge in [0.05, 0.1) is 0 Å². The fraction of sp³-hybridized carbons (Fsp3) is 0.273. The molecule has 0 aliphatic heterocycles. The van der Waals surface area contributed by atoms with E-state index in [9.17, 15) is 14.0 Å². The van der Waals surface area contributed by atoms with Gasteiger partial charge in [0.15, 0.2) is 0 Å². The van der Waals surface area contributed by atoms with Crippen molar-refractivity contribution in [2.45, 2.75) is 13.0 Å². The highest BCUT2D eigenvalue weighted by atomic mass is 19.1. The van der Waals surface area contributed by atoms with Crippen LogP contribution in [0.5, 0.6) is 0 Å². The molecule has 1 atom stereocenters. The van der Waals surface area contributed by atoms with Crippen molar-refractivity contribution in [1.82, 2.24) is 10.9 Å². The minimum atomic E-state index is -0.663. The van der Waals surface area contributed by atoms with Gasteiger partial charge in [-0.3, -0.25) is 20.4 Å². The number of carbonyl (C=O) groups is 2. The molecule has 0 saturated carbocycles. The van der Waals surface area contributed by atoms with Crippen LogP contribution in [-0.2, 0) is 9.53 Å². The summed E-state index contributed by atoms with van der Waals surface area (Å²) in [6.07, 6.45) is -0.663. The number of hydrogen-bond acceptors (Lipinski definition) is 3. The first kappa shape index (κ1) is 13.1. The van der Waals surface area contributed by atoms with E-state index < -0.39 is 23.7 Å². The third-order valence-electron chi connectivity index (χ3n) is 2.13. The summed E-state index contributed by atoms with van der Waals surface area (Å²) in [6.45, 7) is 1.54. The van der Waals surface area contributed by atoms with E-state index >= 15 is 0 Å². The number of amides is 2. The smallest absolute Gasteiger partial charge is 0.269 e. The largest absolute Gasteiger partial charge is 0.372 e. The van der Waals surface area contributed by atoms with Crippen LogP contribution in [0.25, 0.3) is 0 Å². The van der Waals surface area contributed by atoms with Crippen LogP contribution < -0.4 is 10.9 Å². The summed E-state index contributed by atoms with van der Waals surface area (Å²) in [5.41, 5.74) is 4.63. The summed E-state index contributed by atoms with van der Waals surface area (Å²) in [4.78, 5) is 22.7. The highest BCUT2D eigenvalue weighted by Gasteiger charge is 2.12. The first-order chi connectivity index (χ1) is 8.04. The minimum absolute atomic E-state index is 0.247. The van der Waals surface area contributed by atoms with Crippen LogP contribution in [0.4, 0.5) is 4.39 Å². The zero-order chi connectivity index (χ0) is 12.8. The van der Waals surface area contributed by atoms with Crippen molar-refractivity contribution in [3.05, 3.63) is 35.6 Å². The summed E-state index contributed by atoms with van der Waals surface area (Å²) in [6, 6.07) is 4.95. The molecule has 0 fully saturated rings. The topological polar surface area (TPSA) is 67.4 Å². The molecule has 2 N–H and O–H groups in total. The number of benzene rings is 1. The molecule has 1 aromatic carbocycles. The lowest BCUT2D eigenvalue weighted by atomic mass is 10.2. The number of methoxy groups -OCH3 is 1. The Balaban J connectivity index is 2.50. The molecule has 1 aromatic rings. The lowest BCUT2D eigenvalue weighted by molar-refractivity contribution is -0.130. The monoisotopic (exact) mass is 240 g/mol. The highest BCUT2D eigenvalue weighted by Crippen LogP contribution is 2.01. The number of carbonyl (C=O) groups excluding carboxylic acids is 2. The van der Waals surface area contributed by atoms with E-state index in [2.05, 4.69) is 10.9 Å². The predicted octanol–water partition coefficient (Wildman–Crippen LogP) is 0.622. The Morgan fingerprint density at radius 1 is 1.24 bits per heavy atom. The van der Waals surface area contributed by atoms with E-state index in [1.54, 1.807) is 6.92 Å². The second kappa shape index (κ2) is 5.95. The average Bonchev–Trinajstić information content (AvgIpc) is 2.35. The van der Waals surface area contributed by atoms with Crippen molar-refractivity contribution in [1.29, 1.82) is 0 Å². The Labute approximate surface area is 97.9 Å². The van der Waals surface area contributed by atoms with Crippen molar-refractivity contribution >= 4 is 11.8 Å². The Kier molecular flexibility index (Phi) is 4.59. The Morgan fingerprint density at radius 2 is 1.82 bits per heavy atom. The minimum Gasteiger partial charge on any atom is -0.372 e. The molecule has 92 valence electrons. The van der Waals surface area contributed by atoms with E-state index in [0.29, 0.717) is 0 Å². The molecule has 0 aliphatic carbocycles. The molecule has 1 rings (SSSR count). The number of halogens is 1. The maximum absolute atomic E-state index is 12.6. The zero-order valence-electron chi connectivity index (χ0n) is 9.49. The maximum atomic E-state index is 12.6. The zero-order valence-corrected chi connectivity index (χ0v) is 9.49. The van der Waals surface area contributed by atoms with E-state index in [4.69, 9.17) is 4.74 Å². The number of hydrazine groups is 1. The SMILES string of the molecule is COC(C)C(=O)NNC(=O)c1ccc(F)cc1. The molecule has 1 unspecified atom stereocenters. The molecule has 2 amide bonds. The number of hydrogen-bond donors (Lipinski definition) is 2. The molecule has 0 spiro atoms. The predicted molar refractivity (Wildman–Crippen MR) is 58.5 cm³/mol. The molecule has 0 saturated heterocycles. The van der Waals surface area contributed by atoms with Crippen LogP contribution in [-0.4, -0.2) is 25.0 Å². The molecule has 0 bridgehead atoms. The molecule has 0 radical (unpaired) electrons. The van der Waals surface area contributed by atoms with Crippen LogP contribution in [0, 0.1) is 5.82 Å². The molecule has 6 heteroatoms. The molecule has 0 heterocycles. The average molecular weight is 240 g/mol. The van der Waals surface area contributed by atoms with E-state index in [-0.39, 0.29) is 5.56 Å². The summed E-state index contributed by atoms with van der Waals surface area (Å²) in [5, 5.41) is 0. The standard InChI is InChI=1S/C11H13FN2O3/c1-7(17-2)10(15)13-14-11(16)8-3-5-9(12)6-4-8/h3-7H,1-2H3,(H,13,15)(H,14,16). The van der Waals surface area contributed by atoms with Gasteiger partial charge in [0.2, 0.25) is 0 Å². The first-order valence-electron chi connectivity index (χ1n) is 4.93. The summed E-state index contributed by atoms with van der Waals surface area (Å²) >= 11 is 0. The molecule has 0 aliphatic rings. The summed E-state index contributed by atoms with van der Waals surface area (Å²) in [7, 11) is 1.38.